The van der Waals surface area contributed by atoms with Crippen molar-refractivity contribution in [1.29, 1.82) is 0 Å². The zero-order chi connectivity index (χ0) is 24.3. The third kappa shape index (κ3) is 5.34. The molecule has 180 valence electrons. The van der Waals surface area contributed by atoms with Crippen LogP contribution in [0.15, 0.2) is 52.7 Å². The Kier molecular flexibility index (Phi) is 7.39. The van der Waals surface area contributed by atoms with Crippen LogP contribution in [0.4, 0.5) is 10.8 Å². The Morgan fingerprint density at radius 2 is 1.91 bits per heavy atom. The van der Waals surface area contributed by atoms with Gasteiger partial charge in [0.1, 0.15) is 10.8 Å². The molecule has 2 aromatic carbocycles. The molecule has 0 radical (unpaired) electrons. The Hall–Kier alpha value is -2.69. The van der Waals surface area contributed by atoms with Gasteiger partial charge in [-0.15, -0.1) is 11.3 Å². The van der Waals surface area contributed by atoms with Crippen LogP contribution in [0.3, 0.4) is 0 Å². The van der Waals surface area contributed by atoms with Crippen LogP contribution in [0.25, 0.3) is 0 Å². The van der Waals surface area contributed by atoms with E-state index in [1.165, 1.54) is 12.1 Å². The molecule has 8 nitrogen and oxygen atoms in total. The molecule has 1 aliphatic rings. The summed E-state index contributed by atoms with van der Waals surface area (Å²) >= 11 is 7.38. The van der Waals surface area contributed by atoms with Crippen LogP contribution in [0, 0.1) is 10.1 Å². The fourth-order valence-electron chi connectivity index (χ4n) is 3.96. The number of thiazole rings is 1. The summed E-state index contributed by atoms with van der Waals surface area (Å²) < 4.78 is 31.6. The van der Waals surface area contributed by atoms with E-state index in [1.54, 1.807) is 11.3 Å². The number of nitro benzene ring substituents is 1. The highest BCUT2D eigenvalue weighted by Crippen LogP contribution is 2.33. The molecule has 0 saturated carbocycles. The predicted octanol–water partition coefficient (Wildman–Crippen LogP) is 5.14. The van der Waals surface area contributed by atoms with Gasteiger partial charge in [0.05, 0.1) is 27.4 Å². The molecule has 1 aliphatic heterocycles. The third-order valence-electron chi connectivity index (χ3n) is 5.75. The summed E-state index contributed by atoms with van der Waals surface area (Å²) in [6.07, 6.45) is 1.56. The first-order chi connectivity index (χ1) is 16.3. The molecule has 0 unspecified atom stereocenters. The van der Waals surface area contributed by atoms with Gasteiger partial charge in [0, 0.05) is 31.0 Å². The standard InChI is InChI=1S/C23H24ClN3O5S2/c1-2-32-18-5-3-16(4-6-18)13-17-15-33-23(25-17)26-11-9-19(10-12-26)34(30,31)20-7-8-21(24)22(14-20)27(28)29/h3-8,14-15,19H,2,9-13H2,1H3. The molecule has 4 rings (SSSR count). The lowest BCUT2D eigenvalue weighted by Crippen LogP contribution is -2.39. The fourth-order valence-corrected chi connectivity index (χ4v) is 6.78. The SMILES string of the molecule is CCOc1ccc(Cc2csc(N3CCC(S(=O)(=O)c4ccc(Cl)c([N+](=O)[O-])c4)CC3)n2)cc1. The van der Waals surface area contributed by atoms with Crippen molar-refractivity contribution in [2.24, 2.45) is 0 Å². The van der Waals surface area contributed by atoms with Gasteiger partial charge in [-0.3, -0.25) is 10.1 Å². The predicted molar refractivity (Wildman–Crippen MR) is 133 cm³/mol. The first-order valence-corrected chi connectivity index (χ1v) is 13.7. The van der Waals surface area contributed by atoms with Crippen molar-refractivity contribution in [1.82, 2.24) is 4.98 Å². The lowest BCUT2D eigenvalue weighted by Gasteiger charge is -2.31. The van der Waals surface area contributed by atoms with Crippen molar-refractivity contribution < 1.29 is 18.1 Å². The summed E-state index contributed by atoms with van der Waals surface area (Å²) in [5.41, 5.74) is 1.71. The van der Waals surface area contributed by atoms with Gasteiger partial charge in [0.15, 0.2) is 15.0 Å². The van der Waals surface area contributed by atoms with Crippen LogP contribution in [0.1, 0.15) is 31.0 Å². The van der Waals surface area contributed by atoms with Crippen molar-refractivity contribution in [3.63, 3.8) is 0 Å². The van der Waals surface area contributed by atoms with Crippen molar-refractivity contribution in [2.45, 2.75) is 36.3 Å². The summed E-state index contributed by atoms with van der Waals surface area (Å²) in [5.74, 6) is 0.844. The van der Waals surface area contributed by atoms with Crippen molar-refractivity contribution in [3.8, 4) is 5.75 Å². The number of benzene rings is 2. The van der Waals surface area contributed by atoms with E-state index >= 15 is 0 Å². The number of nitro groups is 1. The molecule has 1 fully saturated rings. The first kappa shape index (κ1) is 24.4. The fraction of sp³-hybridized carbons (Fsp3) is 0.348. The molecule has 1 saturated heterocycles. The molecule has 0 atom stereocenters. The minimum Gasteiger partial charge on any atom is -0.494 e. The largest absolute Gasteiger partial charge is 0.494 e. The molecule has 11 heteroatoms. The Balaban J connectivity index is 1.39. The van der Waals surface area contributed by atoms with E-state index < -0.39 is 25.7 Å². The maximum Gasteiger partial charge on any atom is 0.289 e. The van der Waals surface area contributed by atoms with E-state index in [1.807, 2.05) is 36.6 Å². The molecule has 0 aliphatic carbocycles. The summed E-state index contributed by atoms with van der Waals surface area (Å²) in [6.45, 7) is 3.68. The Labute approximate surface area is 207 Å². The van der Waals surface area contributed by atoms with E-state index in [0.29, 0.717) is 39.0 Å². The van der Waals surface area contributed by atoms with Crippen molar-refractivity contribution in [2.75, 3.05) is 24.6 Å². The van der Waals surface area contributed by atoms with Gasteiger partial charge >= 0.3 is 0 Å². The molecular weight excluding hydrogens is 498 g/mol. The van der Waals surface area contributed by atoms with E-state index in [-0.39, 0.29) is 9.92 Å². The highest BCUT2D eigenvalue weighted by atomic mass is 35.5. The summed E-state index contributed by atoms with van der Waals surface area (Å²) in [6, 6.07) is 11.6. The average molecular weight is 522 g/mol. The molecule has 0 amide bonds. The number of hydrogen-bond donors (Lipinski definition) is 0. The molecule has 2 heterocycles. The maximum absolute atomic E-state index is 13.1. The van der Waals surface area contributed by atoms with Crippen molar-refractivity contribution >= 4 is 43.6 Å². The Morgan fingerprint density at radius 1 is 1.21 bits per heavy atom. The van der Waals surface area contributed by atoms with Crippen LogP contribution in [-0.4, -0.2) is 43.3 Å². The minimum atomic E-state index is -3.70. The highest BCUT2D eigenvalue weighted by Gasteiger charge is 2.33. The Morgan fingerprint density at radius 3 is 2.56 bits per heavy atom. The second-order valence-electron chi connectivity index (χ2n) is 7.98. The van der Waals surface area contributed by atoms with Crippen LogP contribution in [-0.2, 0) is 16.3 Å². The van der Waals surface area contributed by atoms with Crippen LogP contribution in [0.2, 0.25) is 5.02 Å². The number of sulfone groups is 1. The van der Waals surface area contributed by atoms with Gasteiger partial charge in [-0.25, -0.2) is 13.4 Å². The van der Waals surface area contributed by atoms with E-state index in [4.69, 9.17) is 21.3 Å². The van der Waals surface area contributed by atoms with Crippen LogP contribution >= 0.6 is 22.9 Å². The van der Waals surface area contributed by atoms with Crippen LogP contribution < -0.4 is 9.64 Å². The smallest absolute Gasteiger partial charge is 0.289 e. The third-order valence-corrected chi connectivity index (χ3v) is 9.28. The molecule has 0 spiro atoms. The number of anilines is 1. The molecular formula is C23H24ClN3O5S2. The topological polar surface area (TPSA) is 103 Å². The van der Waals surface area contributed by atoms with Gasteiger partial charge in [0.2, 0.25) is 0 Å². The summed E-state index contributed by atoms with van der Waals surface area (Å²) in [4.78, 5) is 17.3. The lowest BCUT2D eigenvalue weighted by atomic mass is 10.1. The lowest BCUT2D eigenvalue weighted by molar-refractivity contribution is -0.384. The molecule has 1 aromatic heterocycles. The van der Waals surface area contributed by atoms with Crippen molar-refractivity contribution in [3.05, 3.63) is 74.2 Å². The number of ether oxygens (including phenoxy) is 1. The van der Waals surface area contributed by atoms with Gasteiger partial charge in [0.25, 0.3) is 5.69 Å². The quantitative estimate of drug-likeness (QED) is 0.299. The summed E-state index contributed by atoms with van der Waals surface area (Å²) in [5, 5.41) is 13.4. The average Bonchev–Trinajstić information content (AvgIpc) is 3.29. The normalized spacial score (nSPS) is 14.8. The van der Waals surface area contributed by atoms with Gasteiger partial charge < -0.3 is 9.64 Å². The number of rotatable bonds is 8. The van der Waals surface area contributed by atoms with Crippen LogP contribution in [0.5, 0.6) is 5.75 Å². The number of aromatic nitrogens is 1. The highest BCUT2D eigenvalue weighted by molar-refractivity contribution is 7.92. The van der Waals surface area contributed by atoms with Gasteiger partial charge in [-0.1, -0.05) is 23.7 Å². The molecule has 0 bridgehead atoms. The van der Waals surface area contributed by atoms with E-state index in [0.717, 1.165) is 28.2 Å². The first-order valence-electron chi connectivity index (χ1n) is 10.9. The second kappa shape index (κ2) is 10.3. The van der Waals surface area contributed by atoms with E-state index in [2.05, 4.69) is 4.90 Å². The second-order valence-corrected chi connectivity index (χ2v) is 11.4. The molecule has 34 heavy (non-hydrogen) atoms. The number of piperidine rings is 1. The maximum atomic E-state index is 13.1. The number of nitrogens with zero attached hydrogens (tertiary/aromatic N) is 3. The number of hydrogen-bond acceptors (Lipinski definition) is 8. The summed E-state index contributed by atoms with van der Waals surface area (Å²) in [7, 11) is -3.70. The number of halogens is 1. The zero-order valence-electron chi connectivity index (χ0n) is 18.5. The van der Waals surface area contributed by atoms with E-state index in [9.17, 15) is 18.5 Å². The minimum absolute atomic E-state index is 0.0612. The van der Waals surface area contributed by atoms with Gasteiger partial charge in [-0.2, -0.15) is 0 Å². The van der Waals surface area contributed by atoms with Gasteiger partial charge in [-0.05, 0) is 49.6 Å². The molecule has 3 aromatic rings. The Bertz CT molecular complexity index is 1270. The monoisotopic (exact) mass is 521 g/mol. The zero-order valence-corrected chi connectivity index (χ0v) is 20.9. The molecule has 0 N–H and O–H groups in total.